The van der Waals surface area contributed by atoms with Crippen molar-refractivity contribution in [1.29, 1.82) is 0 Å². The van der Waals surface area contributed by atoms with Crippen molar-refractivity contribution < 1.29 is 14.6 Å². The summed E-state index contributed by atoms with van der Waals surface area (Å²) in [6.07, 6.45) is 2.52. The maximum atomic E-state index is 11.9. The number of nitrogens with one attached hydrogen (secondary N) is 2. The van der Waals surface area contributed by atoms with Crippen LogP contribution in [0.5, 0.6) is 0 Å². The molecule has 134 valence electrons. The zero-order chi connectivity index (χ0) is 18.0. The number of aromatic amines is 1. The summed E-state index contributed by atoms with van der Waals surface area (Å²) in [7, 11) is 0. The highest BCUT2D eigenvalue weighted by Gasteiger charge is 2.62. The van der Waals surface area contributed by atoms with Crippen LogP contribution in [0.2, 0.25) is 5.02 Å². The van der Waals surface area contributed by atoms with Crippen molar-refractivity contribution in [1.82, 2.24) is 15.5 Å². The lowest BCUT2D eigenvalue weighted by Gasteiger charge is -2.28. The predicted octanol–water partition coefficient (Wildman–Crippen LogP) is 3.34. The first-order valence-corrected chi connectivity index (χ1v) is 8.89. The van der Waals surface area contributed by atoms with E-state index in [1.54, 1.807) is 12.3 Å². The molecule has 0 spiro atoms. The van der Waals surface area contributed by atoms with Gasteiger partial charge in [0, 0.05) is 16.5 Å². The smallest absolute Gasteiger partial charge is 0.407 e. The van der Waals surface area contributed by atoms with Crippen LogP contribution in [0, 0.1) is 11.8 Å². The van der Waals surface area contributed by atoms with Gasteiger partial charge in [-0.1, -0.05) is 11.6 Å². The van der Waals surface area contributed by atoms with Gasteiger partial charge in [0.2, 0.25) is 0 Å². The first-order chi connectivity index (χ1) is 11.7. The van der Waals surface area contributed by atoms with Crippen LogP contribution in [0.3, 0.4) is 0 Å². The molecule has 2 fully saturated rings. The minimum absolute atomic E-state index is 0.0779. The lowest BCUT2D eigenvalue weighted by molar-refractivity contribution is 0.0261. The number of aromatic nitrogens is 2. The summed E-state index contributed by atoms with van der Waals surface area (Å²) in [6, 6.07) is 3.70. The molecular weight excluding hydrogens is 342 g/mol. The number of H-pyrrole nitrogens is 1. The van der Waals surface area contributed by atoms with Gasteiger partial charge in [-0.3, -0.25) is 5.10 Å². The summed E-state index contributed by atoms with van der Waals surface area (Å²) < 4.78 is 5.31. The Bertz CT molecular complexity index is 830. The van der Waals surface area contributed by atoms with Crippen LogP contribution in [-0.4, -0.2) is 33.0 Å². The first-order valence-electron chi connectivity index (χ1n) is 8.51. The van der Waals surface area contributed by atoms with Gasteiger partial charge in [0.25, 0.3) is 0 Å². The number of hydrogen-bond acceptors (Lipinski definition) is 4. The molecule has 3 N–H and O–H groups in total. The summed E-state index contributed by atoms with van der Waals surface area (Å²) >= 11 is 6.20. The number of alkyl carbamates (subject to hydrolysis) is 1. The molecule has 2 saturated carbocycles. The molecule has 0 radical (unpaired) electrons. The van der Waals surface area contributed by atoms with Crippen LogP contribution < -0.4 is 5.32 Å². The summed E-state index contributed by atoms with van der Waals surface area (Å²) in [4.78, 5) is 11.9. The number of hydrogen-bond donors (Lipinski definition) is 3. The average molecular weight is 364 g/mol. The molecule has 0 aliphatic heterocycles. The van der Waals surface area contributed by atoms with E-state index in [1.165, 1.54) is 0 Å². The highest BCUT2D eigenvalue weighted by Crippen LogP contribution is 2.60. The van der Waals surface area contributed by atoms with Gasteiger partial charge in [-0.2, -0.15) is 5.10 Å². The van der Waals surface area contributed by atoms with Crippen molar-refractivity contribution in [3.05, 3.63) is 28.9 Å². The first kappa shape index (κ1) is 16.7. The van der Waals surface area contributed by atoms with E-state index in [4.69, 9.17) is 16.3 Å². The molecule has 4 atom stereocenters. The minimum atomic E-state index is -0.936. The monoisotopic (exact) mass is 363 g/mol. The van der Waals surface area contributed by atoms with E-state index in [-0.39, 0.29) is 17.9 Å². The van der Waals surface area contributed by atoms with Crippen molar-refractivity contribution in [2.45, 2.75) is 50.9 Å². The average Bonchev–Trinajstić information content (AvgIpc) is 2.89. The summed E-state index contributed by atoms with van der Waals surface area (Å²) in [5.41, 5.74) is 0.184. The van der Waals surface area contributed by atoms with E-state index in [2.05, 4.69) is 15.5 Å². The molecule has 6 nitrogen and oxygen atoms in total. The fourth-order valence-corrected chi connectivity index (χ4v) is 4.36. The van der Waals surface area contributed by atoms with Crippen LogP contribution in [0.25, 0.3) is 10.9 Å². The molecule has 2 aliphatic carbocycles. The Morgan fingerprint density at radius 1 is 1.40 bits per heavy atom. The Labute approximate surface area is 150 Å². The fourth-order valence-electron chi connectivity index (χ4n) is 4.14. The predicted molar refractivity (Wildman–Crippen MR) is 94.4 cm³/mol. The molecule has 1 aromatic carbocycles. The van der Waals surface area contributed by atoms with E-state index in [0.717, 1.165) is 16.5 Å². The van der Waals surface area contributed by atoms with Crippen molar-refractivity contribution in [2.24, 2.45) is 11.8 Å². The molecule has 0 bridgehead atoms. The maximum Gasteiger partial charge on any atom is 0.407 e. The number of carbonyl (C=O) groups excluding carboxylic acids is 1. The quantitative estimate of drug-likeness (QED) is 0.763. The zero-order valence-electron chi connectivity index (χ0n) is 14.5. The highest BCUT2D eigenvalue weighted by molar-refractivity contribution is 6.31. The number of aliphatic hydroxyl groups is 1. The molecular formula is C18H22ClN3O3. The van der Waals surface area contributed by atoms with E-state index in [0.29, 0.717) is 17.9 Å². The zero-order valence-corrected chi connectivity index (χ0v) is 15.2. The molecule has 0 saturated heterocycles. The Morgan fingerprint density at radius 3 is 2.72 bits per heavy atom. The molecule has 2 unspecified atom stereocenters. The number of rotatable bonds is 2. The molecule has 1 heterocycles. The van der Waals surface area contributed by atoms with E-state index in [1.807, 2.05) is 26.8 Å². The Balaban J connectivity index is 1.48. The molecule has 7 heteroatoms. The van der Waals surface area contributed by atoms with Gasteiger partial charge < -0.3 is 15.2 Å². The number of ether oxygens (including phenoxy) is 1. The maximum absolute atomic E-state index is 11.9. The van der Waals surface area contributed by atoms with E-state index < -0.39 is 17.3 Å². The molecule has 1 amide bonds. The fraction of sp³-hybridized carbons (Fsp3) is 0.556. The Morgan fingerprint density at radius 2 is 2.08 bits per heavy atom. The van der Waals surface area contributed by atoms with Gasteiger partial charge in [0.15, 0.2) is 0 Å². The minimum Gasteiger partial charge on any atom is -0.444 e. The van der Waals surface area contributed by atoms with Crippen LogP contribution >= 0.6 is 11.6 Å². The number of amides is 1. The number of benzene rings is 1. The molecule has 2 aromatic rings. The number of nitrogens with zero attached hydrogens (tertiary/aromatic N) is 1. The Kier molecular flexibility index (Phi) is 3.57. The summed E-state index contributed by atoms with van der Waals surface area (Å²) in [5.74, 6) is 0.525. The van der Waals surface area contributed by atoms with E-state index in [9.17, 15) is 9.90 Å². The van der Waals surface area contributed by atoms with Crippen LogP contribution in [-0.2, 0) is 10.3 Å². The van der Waals surface area contributed by atoms with Crippen LogP contribution in [0.4, 0.5) is 4.79 Å². The van der Waals surface area contributed by atoms with Gasteiger partial charge >= 0.3 is 6.09 Å². The topological polar surface area (TPSA) is 87.2 Å². The summed E-state index contributed by atoms with van der Waals surface area (Å²) in [6.45, 7) is 5.52. The van der Waals surface area contributed by atoms with Crippen molar-refractivity contribution in [3.63, 3.8) is 0 Å². The number of fused-ring (bicyclic) bond motifs is 2. The SMILES string of the molecule is CC(C)(C)OC(=O)NC1[C@H]2CC(O)(c3cc(Cl)cc4[nH]ncc34)C[C@@H]12. The van der Waals surface area contributed by atoms with E-state index >= 15 is 0 Å². The third-order valence-corrected chi connectivity index (χ3v) is 5.40. The third-order valence-electron chi connectivity index (χ3n) is 5.19. The summed E-state index contributed by atoms with van der Waals surface area (Å²) in [5, 5.41) is 22.6. The lowest BCUT2D eigenvalue weighted by Crippen LogP contribution is -2.37. The second kappa shape index (κ2) is 5.35. The molecule has 25 heavy (non-hydrogen) atoms. The number of halogens is 1. The van der Waals surface area contributed by atoms with Crippen LogP contribution in [0.15, 0.2) is 18.3 Å². The second-order valence-electron chi connectivity index (χ2n) is 8.22. The highest BCUT2D eigenvalue weighted by atomic mass is 35.5. The third kappa shape index (κ3) is 2.98. The van der Waals surface area contributed by atoms with Gasteiger partial charge in [-0.15, -0.1) is 0 Å². The normalized spacial score (nSPS) is 31.0. The van der Waals surface area contributed by atoms with Crippen molar-refractivity contribution >= 4 is 28.6 Å². The number of carbonyl (C=O) groups is 1. The largest absolute Gasteiger partial charge is 0.444 e. The van der Waals surface area contributed by atoms with Gasteiger partial charge in [0.05, 0.1) is 17.3 Å². The standard InChI is InChI=1S/C18H22ClN3O3/c1-17(2,3)25-16(23)21-15-10-6-18(24,7-11(10)15)13-4-9(19)5-14-12(13)8-20-22-14/h4-5,8,10-11,15,24H,6-7H2,1-3H3,(H,20,22)(H,21,23)/t10-,11+,15?,18?. The molecule has 1 aromatic heterocycles. The van der Waals surface area contributed by atoms with Gasteiger partial charge in [-0.05, 0) is 63.1 Å². The van der Waals surface area contributed by atoms with Gasteiger partial charge in [0.1, 0.15) is 5.60 Å². The van der Waals surface area contributed by atoms with Crippen molar-refractivity contribution in [2.75, 3.05) is 0 Å². The van der Waals surface area contributed by atoms with Gasteiger partial charge in [-0.25, -0.2) is 4.79 Å². The van der Waals surface area contributed by atoms with Crippen LogP contribution in [0.1, 0.15) is 39.2 Å². The molecule has 4 rings (SSSR count). The van der Waals surface area contributed by atoms with Crippen molar-refractivity contribution in [3.8, 4) is 0 Å². The Hall–Kier alpha value is -1.79. The second-order valence-corrected chi connectivity index (χ2v) is 8.66. The lowest BCUT2D eigenvalue weighted by atomic mass is 9.86. The molecule has 2 aliphatic rings.